The van der Waals surface area contributed by atoms with Gasteiger partial charge in [0.05, 0.1) is 16.0 Å². The lowest BCUT2D eigenvalue weighted by Crippen LogP contribution is -2.29. The molecule has 2 aromatic rings. The van der Waals surface area contributed by atoms with Gasteiger partial charge in [0.1, 0.15) is 5.01 Å². The number of nitrogens with one attached hydrogen (secondary N) is 1. The molecule has 0 aliphatic carbocycles. The van der Waals surface area contributed by atoms with Crippen molar-refractivity contribution >= 4 is 38.6 Å². The van der Waals surface area contributed by atoms with Gasteiger partial charge in [-0.3, -0.25) is 0 Å². The number of halogens is 1. The van der Waals surface area contributed by atoms with Crippen LogP contribution in [0.4, 0.5) is 0 Å². The van der Waals surface area contributed by atoms with Crippen molar-refractivity contribution in [3.63, 3.8) is 0 Å². The third-order valence-corrected chi connectivity index (χ3v) is 5.07. The first kappa shape index (κ1) is 9.96. The fourth-order valence-corrected chi connectivity index (χ4v) is 4.13. The molecule has 0 spiro atoms. The molecule has 0 saturated carbocycles. The number of thiophene rings is 1. The van der Waals surface area contributed by atoms with E-state index in [2.05, 4.69) is 37.7 Å². The Hall–Kier alpha value is -0.230. The van der Waals surface area contributed by atoms with E-state index in [1.807, 2.05) is 17.5 Å². The smallest absolute Gasteiger partial charge is 0.115 e. The second kappa shape index (κ2) is 3.97. The fourth-order valence-electron chi connectivity index (χ4n) is 1.87. The number of fused-ring (bicyclic) bond motifs is 1. The van der Waals surface area contributed by atoms with E-state index in [1.165, 1.54) is 10.4 Å². The van der Waals surface area contributed by atoms with Crippen molar-refractivity contribution in [1.29, 1.82) is 0 Å². The zero-order valence-electron chi connectivity index (χ0n) is 7.87. The van der Waals surface area contributed by atoms with Crippen molar-refractivity contribution in [3.8, 4) is 0 Å². The highest BCUT2D eigenvalue weighted by molar-refractivity contribution is 9.11. The molecule has 5 heteroatoms. The highest BCUT2D eigenvalue weighted by atomic mass is 79.9. The summed E-state index contributed by atoms with van der Waals surface area (Å²) in [4.78, 5) is 5.94. The second-order valence-corrected chi connectivity index (χ2v) is 6.88. The van der Waals surface area contributed by atoms with Gasteiger partial charge in [-0.1, -0.05) is 0 Å². The van der Waals surface area contributed by atoms with Crippen LogP contribution in [0.25, 0.3) is 0 Å². The van der Waals surface area contributed by atoms with Gasteiger partial charge in [0.2, 0.25) is 0 Å². The largest absolute Gasteiger partial charge is 0.304 e. The summed E-state index contributed by atoms with van der Waals surface area (Å²) in [6.07, 6.45) is 3.03. The fraction of sp³-hybridized carbons (Fsp3) is 0.300. The Labute approximate surface area is 104 Å². The van der Waals surface area contributed by atoms with Gasteiger partial charge in [-0.05, 0) is 39.4 Å². The molecule has 1 atom stereocenters. The minimum Gasteiger partial charge on any atom is -0.304 e. The Bertz CT molecular complexity index is 477. The second-order valence-electron chi connectivity index (χ2n) is 3.44. The zero-order valence-corrected chi connectivity index (χ0v) is 11.1. The molecular formula is C10H9BrN2S2. The molecule has 78 valence electrons. The van der Waals surface area contributed by atoms with Crippen molar-refractivity contribution in [2.24, 2.45) is 0 Å². The summed E-state index contributed by atoms with van der Waals surface area (Å²) in [5.74, 6) is 0. The number of thiazole rings is 1. The van der Waals surface area contributed by atoms with Gasteiger partial charge >= 0.3 is 0 Å². The van der Waals surface area contributed by atoms with Crippen molar-refractivity contribution in [3.05, 3.63) is 36.9 Å². The van der Waals surface area contributed by atoms with E-state index in [0.29, 0.717) is 6.04 Å². The van der Waals surface area contributed by atoms with Crippen LogP contribution < -0.4 is 5.32 Å². The number of aromatic nitrogens is 1. The van der Waals surface area contributed by atoms with Crippen LogP contribution in [0, 0.1) is 0 Å². The molecule has 15 heavy (non-hydrogen) atoms. The number of hydrogen-bond donors (Lipinski definition) is 1. The molecule has 0 saturated heterocycles. The predicted octanol–water partition coefficient (Wildman–Crippen LogP) is 3.20. The van der Waals surface area contributed by atoms with Crippen molar-refractivity contribution in [1.82, 2.24) is 10.3 Å². The highest BCUT2D eigenvalue weighted by Crippen LogP contribution is 2.34. The summed E-state index contributed by atoms with van der Waals surface area (Å²) >= 11 is 7.02. The van der Waals surface area contributed by atoms with Crippen LogP contribution in [-0.4, -0.2) is 11.5 Å². The Morgan fingerprint density at radius 3 is 3.27 bits per heavy atom. The molecule has 1 aliphatic heterocycles. The summed E-state index contributed by atoms with van der Waals surface area (Å²) in [6, 6.07) is 2.52. The average Bonchev–Trinajstić information content (AvgIpc) is 2.84. The first-order valence-corrected chi connectivity index (χ1v) is 7.24. The molecule has 1 unspecified atom stereocenters. The predicted molar refractivity (Wildman–Crippen MR) is 67.7 cm³/mol. The Morgan fingerprint density at radius 2 is 2.47 bits per heavy atom. The maximum Gasteiger partial charge on any atom is 0.115 e. The van der Waals surface area contributed by atoms with Crippen LogP contribution in [0.15, 0.2) is 21.4 Å². The lowest BCUT2D eigenvalue weighted by Gasteiger charge is -2.22. The quantitative estimate of drug-likeness (QED) is 0.875. The molecule has 0 radical (unpaired) electrons. The summed E-state index contributed by atoms with van der Waals surface area (Å²) in [5, 5.41) is 6.85. The number of nitrogens with zero attached hydrogens (tertiary/aromatic N) is 1. The van der Waals surface area contributed by atoms with Crippen molar-refractivity contribution < 1.29 is 0 Å². The lowest BCUT2D eigenvalue weighted by atomic mass is 10.0. The minimum absolute atomic E-state index is 0.302. The van der Waals surface area contributed by atoms with Gasteiger partial charge in [-0.2, -0.15) is 0 Å². The van der Waals surface area contributed by atoms with E-state index in [4.69, 9.17) is 0 Å². The molecule has 2 nitrogen and oxygen atoms in total. The molecule has 1 N–H and O–H groups in total. The number of rotatable bonds is 1. The van der Waals surface area contributed by atoms with E-state index in [-0.39, 0.29) is 0 Å². The Kier molecular flexibility index (Phi) is 2.64. The van der Waals surface area contributed by atoms with Crippen molar-refractivity contribution in [2.75, 3.05) is 6.54 Å². The Morgan fingerprint density at radius 1 is 1.53 bits per heavy atom. The van der Waals surface area contributed by atoms with Crippen LogP contribution in [0.5, 0.6) is 0 Å². The molecule has 3 heterocycles. The van der Waals surface area contributed by atoms with Gasteiger partial charge in [0, 0.05) is 11.4 Å². The maximum atomic E-state index is 4.43. The average molecular weight is 301 g/mol. The van der Waals surface area contributed by atoms with E-state index >= 15 is 0 Å². The van der Waals surface area contributed by atoms with E-state index in [1.54, 1.807) is 11.3 Å². The SMILES string of the molecule is Brc1cnc(C2NCCc3sccc32)s1. The molecule has 0 aromatic carbocycles. The van der Waals surface area contributed by atoms with Gasteiger partial charge in [0.15, 0.2) is 0 Å². The van der Waals surface area contributed by atoms with Crippen LogP contribution in [0.1, 0.15) is 21.5 Å². The molecule has 0 amide bonds. The summed E-state index contributed by atoms with van der Waals surface area (Å²) in [5.41, 5.74) is 1.41. The number of hydrogen-bond acceptors (Lipinski definition) is 4. The first-order valence-electron chi connectivity index (χ1n) is 4.75. The van der Waals surface area contributed by atoms with Crippen LogP contribution in [0.2, 0.25) is 0 Å². The summed E-state index contributed by atoms with van der Waals surface area (Å²) < 4.78 is 1.10. The third kappa shape index (κ3) is 1.78. The standard InChI is InChI=1S/C10H9BrN2S2/c11-8-5-13-10(15-8)9-6-2-4-14-7(6)1-3-12-9/h2,4-5,9,12H,1,3H2. The van der Waals surface area contributed by atoms with Crippen molar-refractivity contribution in [2.45, 2.75) is 12.5 Å². The normalized spacial score (nSPS) is 20.2. The molecular weight excluding hydrogens is 292 g/mol. The topological polar surface area (TPSA) is 24.9 Å². The van der Waals surface area contributed by atoms with Gasteiger partial charge in [-0.15, -0.1) is 22.7 Å². The van der Waals surface area contributed by atoms with E-state index in [9.17, 15) is 0 Å². The van der Waals surface area contributed by atoms with Gasteiger partial charge < -0.3 is 5.32 Å². The van der Waals surface area contributed by atoms with E-state index < -0.39 is 0 Å². The van der Waals surface area contributed by atoms with Crippen LogP contribution in [0.3, 0.4) is 0 Å². The molecule has 1 aliphatic rings. The van der Waals surface area contributed by atoms with Gasteiger partial charge in [0.25, 0.3) is 0 Å². The summed E-state index contributed by atoms with van der Waals surface area (Å²) in [6.45, 7) is 1.05. The minimum atomic E-state index is 0.302. The van der Waals surface area contributed by atoms with E-state index in [0.717, 1.165) is 21.8 Å². The highest BCUT2D eigenvalue weighted by Gasteiger charge is 2.24. The molecule has 3 rings (SSSR count). The first-order chi connectivity index (χ1) is 7.34. The molecule has 0 bridgehead atoms. The van der Waals surface area contributed by atoms with Crippen LogP contribution >= 0.6 is 38.6 Å². The third-order valence-electron chi connectivity index (χ3n) is 2.53. The molecule has 2 aromatic heterocycles. The monoisotopic (exact) mass is 300 g/mol. The van der Waals surface area contributed by atoms with Crippen LogP contribution in [-0.2, 0) is 6.42 Å². The van der Waals surface area contributed by atoms with Gasteiger partial charge in [-0.25, -0.2) is 4.98 Å². The lowest BCUT2D eigenvalue weighted by molar-refractivity contribution is 0.572. The summed E-state index contributed by atoms with van der Waals surface area (Å²) in [7, 11) is 0. The zero-order chi connectivity index (χ0) is 10.3. The molecule has 0 fully saturated rings. The Balaban J connectivity index is 2.02. The maximum absolute atomic E-state index is 4.43.